The predicted octanol–water partition coefficient (Wildman–Crippen LogP) is 4.47. The highest BCUT2D eigenvalue weighted by atomic mass is 32.2. The minimum Gasteiger partial charge on any atom is -0.416 e. The Morgan fingerprint density at radius 2 is 1.64 bits per heavy atom. The van der Waals surface area contributed by atoms with Gasteiger partial charge in [0.05, 0.1) is 6.42 Å². The average Bonchev–Trinajstić information content (AvgIpc) is 3.01. The summed E-state index contributed by atoms with van der Waals surface area (Å²) < 4.78 is 5.65. The first-order chi connectivity index (χ1) is 10.9. The summed E-state index contributed by atoms with van der Waals surface area (Å²) in [5.74, 6) is 1.46. The van der Waals surface area contributed by atoms with Crippen LogP contribution in [0.5, 0.6) is 0 Å². The van der Waals surface area contributed by atoms with Gasteiger partial charge in [0.25, 0.3) is 5.22 Å². The molecule has 0 bridgehead atoms. The second-order valence-electron chi connectivity index (χ2n) is 4.75. The van der Waals surface area contributed by atoms with Crippen LogP contribution in [-0.4, -0.2) is 16.0 Å². The number of benzene rings is 2. The maximum atomic E-state index is 5.65. The van der Waals surface area contributed by atoms with Gasteiger partial charge >= 0.3 is 0 Å². The molecule has 0 unspecified atom stereocenters. The fourth-order valence-corrected chi connectivity index (χ4v) is 2.59. The largest absolute Gasteiger partial charge is 0.416 e. The normalized spacial score (nSPS) is 11.1. The molecule has 0 atom stereocenters. The SMILES string of the molecule is C(=C\c1ccccc1)/CSc1nnc(Cc2ccccc2)o1. The van der Waals surface area contributed by atoms with Crippen molar-refractivity contribution in [3.8, 4) is 0 Å². The molecule has 0 spiro atoms. The monoisotopic (exact) mass is 308 g/mol. The Bertz CT molecular complexity index is 723. The van der Waals surface area contributed by atoms with E-state index in [1.165, 1.54) is 11.1 Å². The summed E-state index contributed by atoms with van der Waals surface area (Å²) >= 11 is 1.54. The van der Waals surface area contributed by atoms with E-state index in [1.807, 2.05) is 36.4 Å². The van der Waals surface area contributed by atoms with Crippen molar-refractivity contribution in [1.29, 1.82) is 0 Å². The number of aromatic nitrogens is 2. The van der Waals surface area contributed by atoms with Crippen LogP contribution in [0.2, 0.25) is 0 Å². The summed E-state index contributed by atoms with van der Waals surface area (Å²) in [6.45, 7) is 0. The maximum Gasteiger partial charge on any atom is 0.276 e. The van der Waals surface area contributed by atoms with Gasteiger partial charge in [-0.25, -0.2) is 0 Å². The summed E-state index contributed by atoms with van der Waals surface area (Å²) in [5, 5.41) is 8.77. The van der Waals surface area contributed by atoms with Crippen molar-refractivity contribution < 1.29 is 4.42 Å². The third-order valence-corrected chi connectivity index (χ3v) is 3.83. The summed E-state index contributed by atoms with van der Waals surface area (Å²) in [6, 6.07) is 20.3. The molecule has 110 valence electrons. The topological polar surface area (TPSA) is 38.9 Å². The quantitative estimate of drug-likeness (QED) is 0.630. The molecule has 1 aromatic heterocycles. The van der Waals surface area contributed by atoms with Gasteiger partial charge < -0.3 is 4.42 Å². The Labute approximate surface area is 134 Å². The lowest BCUT2D eigenvalue weighted by molar-refractivity contribution is 0.420. The van der Waals surface area contributed by atoms with Crippen molar-refractivity contribution in [1.82, 2.24) is 10.2 Å². The van der Waals surface area contributed by atoms with Gasteiger partial charge in [-0.1, -0.05) is 84.6 Å². The van der Waals surface area contributed by atoms with E-state index < -0.39 is 0 Å². The van der Waals surface area contributed by atoms with Crippen LogP contribution in [0.1, 0.15) is 17.0 Å². The van der Waals surface area contributed by atoms with Crippen LogP contribution in [0.15, 0.2) is 76.4 Å². The van der Waals surface area contributed by atoms with Gasteiger partial charge in [0.15, 0.2) is 0 Å². The molecule has 0 radical (unpaired) electrons. The summed E-state index contributed by atoms with van der Waals surface area (Å²) in [4.78, 5) is 0. The van der Waals surface area contributed by atoms with Gasteiger partial charge in [0, 0.05) is 5.75 Å². The third kappa shape index (κ3) is 4.33. The van der Waals surface area contributed by atoms with Crippen molar-refractivity contribution in [2.75, 3.05) is 5.75 Å². The maximum absolute atomic E-state index is 5.65. The molecule has 0 fully saturated rings. The molecule has 0 aliphatic heterocycles. The van der Waals surface area contributed by atoms with Crippen LogP contribution in [0.3, 0.4) is 0 Å². The molecule has 0 saturated carbocycles. The number of nitrogens with zero attached hydrogens (tertiary/aromatic N) is 2. The van der Waals surface area contributed by atoms with Gasteiger partial charge in [-0.2, -0.15) is 0 Å². The molecule has 3 nitrogen and oxygen atoms in total. The van der Waals surface area contributed by atoms with Crippen molar-refractivity contribution >= 4 is 17.8 Å². The van der Waals surface area contributed by atoms with Gasteiger partial charge in [-0.3, -0.25) is 0 Å². The molecule has 3 aromatic rings. The number of thioether (sulfide) groups is 1. The fourth-order valence-electron chi connectivity index (χ4n) is 2.01. The molecule has 4 heteroatoms. The van der Waals surface area contributed by atoms with Crippen molar-refractivity contribution in [3.63, 3.8) is 0 Å². The van der Waals surface area contributed by atoms with E-state index in [2.05, 4.69) is 46.6 Å². The van der Waals surface area contributed by atoms with Crippen LogP contribution < -0.4 is 0 Å². The van der Waals surface area contributed by atoms with Gasteiger partial charge in [-0.15, -0.1) is 10.2 Å². The Morgan fingerprint density at radius 3 is 2.41 bits per heavy atom. The summed E-state index contributed by atoms with van der Waals surface area (Å²) in [5.41, 5.74) is 2.37. The van der Waals surface area contributed by atoms with Crippen LogP contribution in [0.4, 0.5) is 0 Å². The lowest BCUT2D eigenvalue weighted by Crippen LogP contribution is -1.87. The number of hydrogen-bond acceptors (Lipinski definition) is 4. The van der Waals surface area contributed by atoms with Crippen LogP contribution in [0.25, 0.3) is 6.08 Å². The van der Waals surface area contributed by atoms with Gasteiger partial charge in [0.2, 0.25) is 5.89 Å². The Hall–Kier alpha value is -2.33. The minimum absolute atomic E-state index is 0.614. The fraction of sp³-hybridized carbons (Fsp3) is 0.111. The minimum atomic E-state index is 0.614. The summed E-state index contributed by atoms with van der Waals surface area (Å²) in [7, 11) is 0. The van der Waals surface area contributed by atoms with E-state index >= 15 is 0 Å². The van der Waals surface area contributed by atoms with Crippen molar-refractivity contribution in [2.24, 2.45) is 0 Å². The Kier molecular flexibility index (Phi) is 5.05. The average molecular weight is 308 g/mol. The lowest BCUT2D eigenvalue weighted by atomic mass is 10.2. The number of rotatable bonds is 6. The van der Waals surface area contributed by atoms with Gasteiger partial charge in [-0.05, 0) is 11.1 Å². The molecule has 0 aliphatic rings. The zero-order valence-corrected chi connectivity index (χ0v) is 12.9. The first-order valence-electron chi connectivity index (χ1n) is 7.11. The van der Waals surface area contributed by atoms with Crippen molar-refractivity contribution in [3.05, 3.63) is 83.8 Å². The highest BCUT2D eigenvalue weighted by Crippen LogP contribution is 2.18. The molecular weight excluding hydrogens is 292 g/mol. The van der Waals surface area contributed by atoms with Crippen LogP contribution >= 0.6 is 11.8 Å². The molecule has 0 N–H and O–H groups in total. The molecule has 0 saturated heterocycles. The van der Waals surface area contributed by atoms with E-state index in [0.717, 1.165) is 5.75 Å². The van der Waals surface area contributed by atoms with E-state index in [9.17, 15) is 0 Å². The second kappa shape index (κ2) is 7.61. The second-order valence-corrected chi connectivity index (χ2v) is 5.72. The molecular formula is C18H16N2OS. The molecule has 3 rings (SSSR count). The Balaban J connectivity index is 1.51. The van der Waals surface area contributed by atoms with E-state index in [-0.39, 0.29) is 0 Å². The molecule has 2 aromatic carbocycles. The standard InChI is InChI=1S/C18H16N2OS/c1-3-8-15(9-4-1)12-7-13-22-18-20-19-17(21-18)14-16-10-5-2-6-11-16/h1-12H,13-14H2/b12-7+. The molecule has 0 aliphatic carbocycles. The highest BCUT2D eigenvalue weighted by Gasteiger charge is 2.06. The smallest absolute Gasteiger partial charge is 0.276 e. The number of hydrogen-bond donors (Lipinski definition) is 0. The third-order valence-electron chi connectivity index (χ3n) is 3.06. The Morgan fingerprint density at radius 1 is 0.909 bits per heavy atom. The molecule has 22 heavy (non-hydrogen) atoms. The van der Waals surface area contributed by atoms with Gasteiger partial charge in [0.1, 0.15) is 0 Å². The van der Waals surface area contributed by atoms with Crippen molar-refractivity contribution in [2.45, 2.75) is 11.6 Å². The van der Waals surface area contributed by atoms with E-state index in [1.54, 1.807) is 11.8 Å². The first-order valence-corrected chi connectivity index (χ1v) is 8.09. The molecule has 1 heterocycles. The van der Waals surface area contributed by atoms with Crippen LogP contribution in [0, 0.1) is 0 Å². The highest BCUT2D eigenvalue weighted by molar-refractivity contribution is 7.99. The first kappa shape index (κ1) is 14.6. The lowest BCUT2D eigenvalue weighted by Gasteiger charge is -1.95. The summed E-state index contributed by atoms with van der Waals surface area (Å²) in [6.07, 6.45) is 4.86. The van der Waals surface area contributed by atoms with Crippen LogP contribution in [-0.2, 0) is 6.42 Å². The predicted molar refractivity (Wildman–Crippen MR) is 89.7 cm³/mol. The molecule has 0 amide bonds. The van der Waals surface area contributed by atoms with E-state index in [4.69, 9.17) is 4.42 Å². The van der Waals surface area contributed by atoms with E-state index in [0.29, 0.717) is 17.5 Å². The zero-order chi connectivity index (χ0) is 15.0. The zero-order valence-electron chi connectivity index (χ0n) is 12.1.